The molecule has 0 aliphatic heterocycles. The molecular weight excluding hydrogens is 286 g/mol. The third-order valence-corrected chi connectivity index (χ3v) is 4.65. The number of hydrogen-bond donors (Lipinski definition) is 1. The predicted molar refractivity (Wildman–Crippen MR) is 91.7 cm³/mol. The summed E-state index contributed by atoms with van der Waals surface area (Å²) in [6, 6.07) is 10.1. The molecule has 118 valence electrons. The van der Waals surface area contributed by atoms with E-state index in [0.717, 1.165) is 35.0 Å². The van der Waals surface area contributed by atoms with Crippen LogP contribution < -0.4 is 5.32 Å². The summed E-state index contributed by atoms with van der Waals surface area (Å²) >= 11 is 0. The average molecular weight is 307 g/mol. The van der Waals surface area contributed by atoms with Crippen LogP contribution in [0.1, 0.15) is 32.1 Å². The minimum absolute atomic E-state index is 0.762. The van der Waals surface area contributed by atoms with Crippen LogP contribution >= 0.6 is 0 Å². The number of fused-ring (bicyclic) bond motifs is 1. The van der Waals surface area contributed by atoms with Gasteiger partial charge in [0, 0.05) is 6.54 Å². The molecule has 1 aliphatic carbocycles. The maximum atomic E-state index is 4.50. The van der Waals surface area contributed by atoms with E-state index in [2.05, 4.69) is 20.4 Å². The lowest BCUT2D eigenvalue weighted by Crippen LogP contribution is -2.17. The van der Waals surface area contributed by atoms with Gasteiger partial charge in [-0.15, -0.1) is 0 Å². The third-order valence-electron chi connectivity index (χ3n) is 4.65. The van der Waals surface area contributed by atoms with Gasteiger partial charge in [0.1, 0.15) is 12.1 Å². The van der Waals surface area contributed by atoms with Crippen LogP contribution in [0.5, 0.6) is 0 Å². The van der Waals surface area contributed by atoms with Gasteiger partial charge in [0.25, 0.3) is 0 Å². The second-order valence-corrected chi connectivity index (χ2v) is 6.24. The molecule has 1 saturated carbocycles. The van der Waals surface area contributed by atoms with Gasteiger partial charge in [-0.3, -0.25) is 0 Å². The van der Waals surface area contributed by atoms with Gasteiger partial charge in [0.05, 0.1) is 17.3 Å². The minimum Gasteiger partial charge on any atom is -0.369 e. The Labute approximate surface area is 135 Å². The molecule has 3 aromatic rings. The van der Waals surface area contributed by atoms with Gasteiger partial charge in [-0.1, -0.05) is 37.5 Å². The topological polar surface area (TPSA) is 55.6 Å². The maximum absolute atomic E-state index is 4.50. The largest absolute Gasteiger partial charge is 0.369 e. The van der Waals surface area contributed by atoms with Gasteiger partial charge in [0.15, 0.2) is 5.65 Å². The first-order valence-electron chi connectivity index (χ1n) is 8.40. The van der Waals surface area contributed by atoms with Gasteiger partial charge < -0.3 is 5.32 Å². The molecule has 1 aliphatic rings. The smallest absolute Gasteiger partial charge is 0.168 e. The number of aromatic nitrogens is 4. The van der Waals surface area contributed by atoms with Gasteiger partial charge in [-0.25, -0.2) is 14.6 Å². The molecule has 5 nitrogen and oxygen atoms in total. The number of nitrogens with one attached hydrogen (secondary N) is 1. The molecule has 1 fully saturated rings. The SMILES string of the molecule is c1ccc(-n2ncc3c(NCC4CCCCC4)ncnc32)cc1. The molecule has 0 saturated heterocycles. The summed E-state index contributed by atoms with van der Waals surface area (Å²) in [4.78, 5) is 8.85. The van der Waals surface area contributed by atoms with E-state index < -0.39 is 0 Å². The fraction of sp³-hybridized carbons (Fsp3) is 0.389. The highest BCUT2D eigenvalue weighted by Crippen LogP contribution is 2.25. The molecule has 0 radical (unpaired) electrons. The van der Waals surface area contributed by atoms with Crippen molar-refractivity contribution in [3.8, 4) is 5.69 Å². The summed E-state index contributed by atoms with van der Waals surface area (Å²) < 4.78 is 1.86. The third kappa shape index (κ3) is 2.91. The van der Waals surface area contributed by atoms with Gasteiger partial charge in [-0.2, -0.15) is 5.10 Å². The van der Waals surface area contributed by atoms with Crippen LogP contribution in [0, 0.1) is 5.92 Å². The number of nitrogens with zero attached hydrogens (tertiary/aromatic N) is 4. The first-order valence-corrected chi connectivity index (χ1v) is 8.40. The summed E-state index contributed by atoms with van der Waals surface area (Å²) in [5.41, 5.74) is 1.86. The molecule has 2 aromatic heterocycles. The van der Waals surface area contributed by atoms with Crippen LogP contribution in [0.3, 0.4) is 0 Å². The molecule has 23 heavy (non-hydrogen) atoms. The Bertz CT molecular complexity index is 774. The molecule has 4 rings (SSSR count). The Morgan fingerprint density at radius 3 is 2.70 bits per heavy atom. The van der Waals surface area contributed by atoms with Gasteiger partial charge >= 0.3 is 0 Å². The van der Waals surface area contributed by atoms with Crippen LogP contribution in [0.25, 0.3) is 16.7 Å². The highest BCUT2D eigenvalue weighted by molar-refractivity contribution is 5.87. The van der Waals surface area contributed by atoms with Gasteiger partial charge in [-0.05, 0) is 30.9 Å². The second-order valence-electron chi connectivity index (χ2n) is 6.24. The summed E-state index contributed by atoms with van der Waals surface area (Å²) in [6.07, 6.45) is 10.2. The van der Waals surface area contributed by atoms with Crippen molar-refractivity contribution in [1.29, 1.82) is 0 Å². The molecule has 0 unspecified atom stereocenters. The molecule has 0 spiro atoms. The average Bonchev–Trinajstić information content (AvgIpc) is 3.06. The Hall–Kier alpha value is -2.43. The molecule has 1 N–H and O–H groups in total. The van der Waals surface area contributed by atoms with E-state index >= 15 is 0 Å². The van der Waals surface area contributed by atoms with E-state index in [4.69, 9.17) is 0 Å². The highest BCUT2D eigenvalue weighted by Gasteiger charge is 2.15. The molecule has 5 heteroatoms. The summed E-state index contributed by atoms with van der Waals surface area (Å²) in [7, 11) is 0. The molecule has 2 heterocycles. The first-order chi connectivity index (χ1) is 11.4. The molecule has 0 atom stereocenters. The number of rotatable bonds is 4. The van der Waals surface area contributed by atoms with Crippen molar-refractivity contribution >= 4 is 16.9 Å². The van der Waals surface area contributed by atoms with E-state index in [9.17, 15) is 0 Å². The van der Waals surface area contributed by atoms with E-state index in [1.807, 2.05) is 41.2 Å². The van der Waals surface area contributed by atoms with Gasteiger partial charge in [0.2, 0.25) is 0 Å². The van der Waals surface area contributed by atoms with Crippen molar-refractivity contribution in [3.63, 3.8) is 0 Å². The Morgan fingerprint density at radius 1 is 1.04 bits per heavy atom. The zero-order chi connectivity index (χ0) is 15.5. The normalized spacial score (nSPS) is 15.8. The van der Waals surface area contributed by atoms with Crippen molar-refractivity contribution in [2.24, 2.45) is 5.92 Å². The minimum atomic E-state index is 0.762. The zero-order valence-electron chi connectivity index (χ0n) is 13.2. The Morgan fingerprint density at radius 2 is 1.87 bits per heavy atom. The van der Waals surface area contributed by atoms with E-state index in [1.165, 1.54) is 32.1 Å². The fourth-order valence-electron chi connectivity index (χ4n) is 3.38. The summed E-state index contributed by atoms with van der Waals surface area (Å²) in [5, 5.41) is 8.99. The molecule has 0 bridgehead atoms. The van der Waals surface area contributed by atoms with E-state index in [1.54, 1.807) is 6.33 Å². The Kier molecular flexibility index (Phi) is 3.92. The number of anilines is 1. The lowest BCUT2D eigenvalue weighted by molar-refractivity contribution is 0.373. The van der Waals surface area contributed by atoms with Crippen molar-refractivity contribution in [1.82, 2.24) is 19.7 Å². The monoisotopic (exact) mass is 307 g/mol. The van der Waals surface area contributed by atoms with Crippen LogP contribution in [0.2, 0.25) is 0 Å². The molecule has 0 amide bonds. The first kappa shape index (κ1) is 14.2. The summed E-state index contributed by atoms with van der Waals surface area (Å²) in [6.45, 7) is 0.989. The maximum Gasteiger partial charge on any atom is 0.168 e. The van der Waals surface area contributed by atoms with E-state index in [-0.39, 0.29) is 0 Å². The predicted octanol–water partition coefficient (Wildman–Crippen LogP) is 3.81. The Balaban J connectivity index is 1.60. The highest BCUT2D eigenvalue weighted by atomic mass is 15.3. The van der Waals surface area contributed by atoms with Crippen LogP contribution in [0.15, 0.2) is 42.9 Å². The zero-order valence-corrected chi connectivity index (χ0v) is 13.2. The second kappa shape index (κ2) is 6.36. The number of para-hydroxylation sites is 1. The molecule has 1 aromatic carbocycles. The standard InChI is InChI=1S/C18H21N5/c1-3-7-14(8-4-1)11-19-17-16-12-22-23(18(16)21-13-20-17)15-9-5-2-6-10-15/h2,5-6,9-10,12-14H,1,3-4,7-8,11H2,(H,19,20,21). The lowest BCUT2D eigenvalue weighted by Gasteiger charge is -2.22. The van der Waals surface area contributed by atoms with Crippen LogP contribution in [-0.4, -0.2) is 26.3 Å². The van der Waals surface area contributed by atoms with E-state index in [0.29, 0.717) is 0 Å². The van der Waals surface area contributed by atoms with Crippen LogP contribution in [0.4, 0.5) is 5.82 Å². The van der Waals surface area contributed by atoms with Crippen LogP contribution in [-0.2, 0) is 0 Å². The number of benzene rings is 1. The van der Waals surface area contributed by atoms with Crippen molar-refractivity contribution < 1.29 is 0 Å². The number of hydrogen-bond acceptors (Lipinski definition) is 4. The lowest BCUT2D eigenvalue weighted by atomic mass is 9.89. The van der Waals surface area contributed by atoms with Crippen molar-refractivity contribution in [2.75, 3.05) is 11.9 Å². The fourth-order valence-corrected chi connectivity index (χ4v) is 3.38. The van der Waals surface area contributed by atoms with Crippen molar-refractivity contribution in [2.45, 2.75) is 32.1 Å². The summed E-state index contributed by atoms with van der Waals surface area (Å²) in [5.74, 6) is 1.65. The molecular formula is C18H21N5. The quantitative estimate of drug-likeness (QED) is 0.796. The van der Waals surface area contributed by atoms with Crippen molar-refractivity contribution in [3.05, 3.63) is 42.9 Å².